The van der Waals surface area contributed by atoms with Crippen molar-refractivity contribution < 1.29 is 4.79 Å². The molecule has 15 heavy (non-hydrogen) atoms. The fraction of sp³-hybridized carbons (Fsp3) is 0.154. The van der Waals surface area contributed by atoms with Crippen molar-refractivity contribution in [3.8, 4) is 0 Å². The number of hydrogen-bond donors (Lipinski definition) is 0. The van der Waals surface area contributed by atoms with E-state index in [0.717, 1.165) is 23.1 Å². The molecule has 1 aromatic heterocycles. The van der Waals surface area contributed by atoms with Crippen LogP contribution in [-0.2, 0) is 6.42 Å². The summed E-state index contributed by atoms with van der Waals surface area (Å²) in [6, 6.07) is 10.4. The van der Waals surface area contributed by atoms with Gasteiger partial charge >= 0.3 is 0 Å². The molecule has 0 aliphatic carbocycles. The Morgan fingerprint density at radius 3 is 2.60 bits per heavy atom. The number of aryl methyl sites for hydroxylation is 1. The summed E-state index contributed by atoms with van der Waals surface area (Å²) in [4.78, 5) is 11.6. The summed E-state index contributed by atoms with van der Waals surface area (Å²) in [6.07, 6.45) is 1.78. The summed E-state index contributed by atoms with van der Waals surface area (Å²) in [6.45, 7) is 2.07. The molecule has 76 valence electrons. The first-order chi connectivity index (χ1) is 7.29. The van der Waals surface area contributed by atoms with Crippen molar-refractivity contribution in [2.75, 3.05) is 0 Å². The highest BCUT2D eigenvalue weighted by atomic mass is 32.1. The molecule has 0 unspecified atom stereocenters. The highest BCUT2D eigenvalue weighted by Gasteiger charge is 2.03. The van der Waals surface area contributed by atoms with Gasteiger partial charge in [-0.15, -0.1) is 11.3 Å². The van der Waals surface area contributed by atoms with E-state index in [1.165, 1.54) is 22.5 Å². The van der Waals surface area contributed by atoms with E-state index in [1.807, 2.05) is 11.4 Å². The minimum absolute atomic E-state index is 0.843. The van der Waals surface area contributed by atoms with E-state index in [4.69, 9.17) is 0 Å². The van der Waals surface area contributed by atoms with E-state index in [0.29, 0.717) is 0 Å². The number of hydrogen-bond acceptors (Lipinski definition) is 2. The molecule has 1 aromatic carbocycles. The number of thiophene rings is 1. The summed E-state index contributed by atoms with van der Waals surface area (Å²) >= 11 is 1.50. The molecule has 2 aromatic rings. The van der Waals surface area contributed by atoms with Crippen LogP contribution in [0.3, 0.4) is 0 Å². The third kappa shape index (κ3) is 2.34. The van der Waals surface area contributed by atoms with E-state index in [9.17, 15) is 4.79 Å². The van der Waals surface area contributed by atoms with Gasteiger partial charge in [0.1, 0.15) is 0 Å². The quantitative estimate of drug-likeness (QED) is 0.718. The molecule has 0 aliphatic rings. The van der Waals surface area contributed by atoms with Gasteiger partial charge in [0.15, 0.2) is 6.29 Å². The maximum absolute atomic E-state index is 10.7. The van der Waals surface area contributed by atoms with Crippen molar-refractivity contribution in [2.24, 2.45) is 0 Å². The lowest BCUT2D eigenvalue weighted by atomic mass is 10.0. The number of rotatable bonds is 3. The zero-order valence-electron chi connectivity index (χ0n) is 8.57. The summed E-state index contributed by atoms with van der Waals surface area (Å²) in [5.41, 5.74) is 3.64. The monoisotopic (exact) mass is 216 g/mol. The van der Waals surface area contributed by atoms with Crippen molar-refractivity contribution >= 4 is 17.6 Å². The maximum Gasteiger partial charge on any atom is 0.160 e. The van der Waals surface area contributed by atoms with Crippen molar-refractivity contribution in [2.45, 2.75) is 13.3 Å². The van der Waals surface area contributed by atoms with E-state index in [-0.39, 0.29) is 0 Å². The van der Waals surface area contributed by atoms with E-state index >= 15 is 0 Å². The Kier molecular flexibility index (Phi) is 2.97. The Morgan fingerprint density at radius 1 is 1.20 bits per heavy atom. The average Bonchev–Trinajstić information content (AvgIpc) is 2.69. The van der Waals surface area contributed by atoms with Gasteiger partial charge in [0.05, 0.1) is 4.88 Å². The van der Waals surface area contributed by atoms with Gasteiger partial charge in [0.2, 0.25) is 0 Å². The fourth-order valence-corrected chi connectivity index (χ4v) is 2.25. The molecule has 2 rings (SSSR count). The van der Waals surface area contributed by atoms with Gasteiger partial charge in [0.25, 0.3) is 0 Å². The summed E-state index contributed by atoms with van der Waals surface area (Å²) in [5, 5.41) is 1.97. The molecule has 1 nitrogen and oxygen atoms in total. The minimum atomic E-state index is 0.843. The smallest absolute Gasteiger partial charge is 0.160 e. The van der Waals surface area contributed by atoms with E-state index < -0.39 is 0 Å². The molecule has 0 radical (unpaired) electrons. The van der Waals surface area contributed by atoms with E-state index in [1.54, 1.807) is 0 Å². The standard InChI is InChI=1S/C13H12OS/c1-10-2-4-11(5-3-10)8-12-6-7-15-13(12)9-14/h2-7,9H,8H2,1H3. The van der Waals surface area contributed by atoms with Crippen molar-refractivity contribution in [3.05, 3.63) is 57.3 Å². The molecule has 0 saturated carbocycles. The lowest BCUT2D eigenvalue weighted by molar-refractivity contribution is 0.112. The lowest BCUT2D eigenvalue weighted by Gasteiger charge is -2.00. The highest BCUT2D eigenvalue weighted by molar-refractivity contribution is 7.11. The Labute approximate surface area is 93.4 Å². The predicted molar refractivity (Wildman–Crippen MR) is 63.7 cm³/mol. The Bertz CT molecular complexity index is 454. The lowest BCUT2D eigenvalue weighted by Crippen LogP contribution is -1.89. The third-order valence-corrected chi connectivity index (χ3v) is 3.29. The van der Waals surface area contributed by atoms with Gasteiger partial charge in [-0.05, 0) is 35.9 Å². The van der Waals surface area contributed by atoms with Crippen molar-refractivity contribution in [3.63, 3.8) is 0 Å². The zero-order valence-corrected chi connectivity index (χ0v) is 9.38. The average molecular weight is 216 g/mol. The molecule has 1 heterocycles. The normalized spacial score (nSPS) is 10.2. The van der Waals surface area contributed by atoms with Crippen LogP contribution in [0.4, 0.5) is 0 Å². The van der Waals surface area contributed by atoms with Crippen LogP contribution in [0, 0.1) is 6.92 Å². The minimum Gasteiger partial charge on any atom is -0.297 e. The van der Waals surface area contributed by atoms with Crippen LogP contribution in [0.25, 0.3) is 0 Å². The molecule has 0 fully saturated rings. The van der Waals surface area contributed by atoms with Gasteiger partial charge in [-0.3, -0.25) is 4.79 Å². The van der Waals surface area contributed by atoms with Gasteiger partial charge in [0, 0.05) is 0 Å². The van der Waals surface area contributed by atoms with Gasteiger partial charge in [-0.2, -0.15) is 0 Å². The summed E-state index contributed by atoms with van der Waals surface area (Å²) < 4.78 is 0. The van der Waals surface area contributed by atoms with Crippen molar-refractivity contribution in [1.82, 2.24) is 0 Å². The molecule has 0 aliphatic heterocycles. The summed E-state index contributed by atoms with van der Waals surface area (Å²) in [5.74, 6) is 0. The van der Waals surface area contributed by atoms with Crippen LogP contribution in [0.2, 0.25) is 0 Å². The Hall–Kier alpha value is -1.41. The molecule has 0 atom stereocenters. The van der Waals surface area contributed by atoms with Crippen LogP contribution < -0.4 is 0 Å². The first-order valence-electron chi connectivity index (χ1n) is 4.86. The number of aldehydes is 1. The number of benzene rings is 1. The van der Waals surface area contributed by atoms with E-state index in [2.05, 4.69) is 31.2 Å². The maximum atomic E-state index is 10.7. The molecule has 0 saturated heterocycles. The second-order valence-electron chi connectivity index (χ2n) is 3.59. The summed E-state index contributed by atoms with van der Waals surface area (Å²) in [7, 11) is 0. The molecule has 2 heteroatoms. The van der Waals surface area contributed by atoms with Crippen molar-refractivity contribution in [1.29, 1.82) is 0 Å². The fourth-order valence-electron chi connectivity index (χ4n) is 1.52. The molecule has 0 spiro atoms. The molecule has 0 N–H and O–H groups in total. The predicted octanol–water partition coefficient (Wildman–Crippen LogP) is 3.46. The van der Waals surface area contributed by atoms with Crippen LogP contribution in [0.5, 0.6) is 0 Å². The number of carbonyl (C=O) groups is 1. The molecule has 0 bridgehead atoms. The zero-order chi connectivity index (χ0) is 10.7. The Balaban J connectivity index is 2.21. The molecular formula is C13H12OS. The topological polar surface area (TPSA) is 17.1 Å². The van der Waals surface area contributed by atoms with Gasteiger partial charge in [-0.25, -0.2) is 0 Å². The van der Waals surface area contributed by atoms with Crippen LogP contribution >= 0.6 is 11.3 Å². The number of carbonyl (C=O) groups excluding carboxylic acids is 1. The van der Waals surface area contributed by atoms with Gasteiger partial charge < -0.3 is 0 Å². The molecule has 0 amide bonds. The van der Waals surface area contributed by atoms with Crippen LogP contribution in [-0.4, -0.2) is 6.29 Å². The second kappa shape index (κ2) is 4.41. The molecular weight excluding hydrogens is 204 g/mol. The van der Waals surface area contributed by atoms with Crippen LogP contribution in [0.15, 0.2) is 35.7 Å². The first kappa shape index (κ1) is 10.1. The third-order valence-electron chi connectivity index (χ3n) is 2.40. The SMILES string of the molecule is Cc1ccc(Cc2ccsc2C=O)cc1. The van der Waals surface area contributed by atoms with Crippen LogP contribution in [0.1, 0.15) is 26.4 Å². The highest BCUT2D eigenvalue weighted by Crippen LogP contribution is 2.18. The second-order valence-corrected chi connectivity index (χ2v) is 4.54. The van der Waals surface area contributed by atoms with Gasteiger partial charge in [-0.1, -0.05) is 29.8 Å². The Morgan fingerprint density at radius 2 is 1.93 bits per heavy atom. The first-order valence-corrected chi connectivity index (χ1v) is 5.74. The largest absolute Gasteiger partial charge is 0.297 e.